The molecule has 0 aliphatic rings. The first-order valence-electron chi connectivity index (χ1n) is 16.0. The second-order valence-corrected chi connectivity index (χ2v) is 14.5. The summed E-state index contributed by atoms with van der Waals surface area (Å²) < 4.78 is 5.15. The van der Waals surface area contributed by atoms with Crippen molar-refractivity contribution in [2.75, 3.05) is 0 Å². The van der Waals surface area contributed by atoms with Crippen LogP contribution in [0.4, 0.5) is 0 Å². The largest absolute Gasteiger partial charge is 0.309 e. The van der Waals surface area contributed by atoms with Gasteiger partial charge in [-0.2, -0.15) is 0 Å². The predicted octanol–water partition coefficient (Wildman–Crippen LogP) is 12.9. The Hall–Kier alpha value is -5.18. The lowest BCUT2D eigenvalue weighted by atomic mass is 9.86. The Balaban J connectivity index is 1.48. The van der Waals surface area contributed by atoms with Gasteiger partial charge in [-0.3, -0.25) is 0 Å². The van der Waals surface area contributed by atoms with Crippen LogP contribution in [-0.4, -0.2) is 4.57 Å². The molecule has 0 N–H and O–H groups in total. The molecule has 2 aromatic heterocycles. The molecule has 9 rings (SSSR count). The van der Waals surface area contributed by atoms with Crippen molar-refractivity contribution in [3.8, 4) is 27.9 Å². The standard InChI is InChI=1S/C44H33NS/c1-44(2,3)33-21-22-35-38(26-33)45(34-16-8-5-9-17-34)39-27-36(32-19-18-29-14-10-11-15-30(29)24-32)43-42(41(35)39)37-25-31(20-23-40(37)46-43)28-12-6-4-7-13-28/h4-27H,1-3H3. The zero-order chi connectivity index (χ0) is 31.0. The van der Waals surface area contributed by atoms with Crippen molar-refractivity contribution in [3.05, 3.63) is 151 Å². The van der Waals surface area contributed by atoms with Crippen molar-refractivity contribution >= 4 is 64.1 Å². The summed E-state index contributed by atoms with van der Waals surface area (Å²) in [6.07, 6.45) is 0. The second-order valence-electron chi connectivity index (χ2n) is 13.4. The molecule has 1 nitrogen and oxygen atoms in total. The molecule has 7 aromatic carbocycles. The van der Waals surface area contributed by atoms with E-state index in [1.807, 2.05) is 11.3 Å². The molecule has 0 saturated carbocycles. The number of hydrogen-bond donors (Lipinski definition) is 0. The number of aromatic nitrogens is 1. The van der Waals surface area contributed by atoms with Gasteiger partial charge in [-0.15, -0.1) is 11.3 Å². The van der Waals surface area contributed by atoms with E-state index in [0.717, 1.165) is 0 Å². The third-order valence-electron chi connectivity index (χ3n) is 9.52. The lowest BCUT2D eigenvalue weighted by Crippen LogP contribution is -2.10. The summed E-state index contributed by atoms with van der Waals surface area (Å²) in [4.78, 5) is 0. The van der Waals surface area contributed by atoms with Crippen LogP contribution in [0.25, 0.3) is 80.7 Å². The van der Waals surface area contributed by atoms with E-state index in [0.29, 0.717) is 0 Å². The Morgan fingerprint density at radius 3 is 2.00 bits per heavy atom. The van der Waals surface area contributed by atoms with Gasteiger partial charge < -0.3 is 4.57 Å². The van der Waals surface area contributed by atoms with Crippen LogP contribution in [0.5, 0.6) is 0 Å². The first-order chi connectivity index (χ1) is 22.4. The highest BCUT2D eigenvalue weighted by molar-refractivity contribution is 7.26. The molecule has 220 valence electrons. The van der Waals surface area contributed by atoms with E-state index < -0.39 is 0 Å². The van der Waals surface area contributed by atoms with Crippen LogP contribution < -0.4 is 0 Å². The third-order valence-corrected chi connectivity index (χ3v) is 10.7. The van der Waals surface area contributed by atoms with Crippen molar-refractivity contribution in [1.82, 2.24) is 4.57 Å². The quantitative estimate of drug-likeness (QED) is 0.188. The van der Waals surface area contributed by atoms with Gasteiger partial charge >= 0.3 is 0 Å². The molecular formula is C44H33NS. The first kappa shape index (κ1) is 27.2. The van der Waals surface area contributed by atoms with Crippen LogP contribution >= 0.6 is 11.3 Å². The van der Waals surface area contributed by atoms with Crippen LogP contribution in [0, 0.1) is 0 Å². The second kappa shape index (κ2) is 10.2. The van der Waals surface area contributed by atoms with Crippen molar-refractivity contribution in [2.45, 2.75) is 26.2 Å². The van der Waals surface area contributed by atoms with E-state index in [-0.39, 0.29) is 5.41 Å². The average Bonchev–Trinajstić information content (AvgIpc) is 3.63. The highest BCUT2D eigenvalue weighted by Gasteiger charge is 2.23. The minimum absolute atomic E-state index is 0.0391. The maximum absolute atomic E-state index is 2.49. The fourth-order valence-electron chi connectivity index (χ4n) is 7.15. The molecule has 0 unspecified atom stereocenters. The summed E-state index contributed by atoms with van der Waals surface area (Å²) >= 11 is 1.92. The molecule has 0 saturated heterocycles. The molecular weight excluding hydrogens is 575 g/mol. The fraction of sp³-hybridized carbons (Fsp3) is 0.0909. The monoisotopic (exact) mass is 607 g/mol. The lowest BCUT2D eigenvalue weighted by Gasteiger charge is -2.19. The SMILES string of the molecule is CC(C)(C)c1ccc2c3c4c(sc5ccc(-c6ccccc6)cc54)c(-c4ccc5ccccc5c4)cc3n(-c3ccccc3)c2c1. The molecule has 0 amide bonds. The predicted molar refractivity (Wildman–Crippen MR) is 201 cm³/mol. The van der Waals surface area contributed by atoms with E-state index in [1.165, 1.54) is 86.3 Å². The Labute approximate surface area is 273 Å². The van der Waals surface area contributed by atoms with E-state index >= 15 is 0 Å². The minimum atomic E-state index is 0.0391. The number of nitrogens with zero attached hydrogens (tertiary/aromatic N) is 1. The van der Waals surface area contributed by atoms with Gasteiger partial charge in [-0.05, 0) is 80.9 Å². The van der Waals surface area contributed by atoms with Crippen LogP contribution in [0.2, 0.25) is 0 Å². The van der Waals surface area contributed by atoms with Crippen LogP contribution in [0.1, 0.15) is 26.3 Å². The number of fused-ring (bicyclic) bond motifs is 8. The van der Waals surface area contributed by atoms with Gasteiger partial charge in [-0.1, -0.05) is 124 Å². The Morgan fingerprint density at radius 2 is 1.22 bits per heavy atom. The summed E-state index contributed by atoms with van der Waals surface area (Å²) in [5.41, 5.74) is 10.1. The summed E-state index contributed by atoms with van der Waals surface area (Å²) in [5.74, 6) is 0. The molecule has 2 heteroatoms. The van der Waals surface area contributed by atoms with Crippen molar-refractivity contribution < 1.29 is 0 Å². The number of para-hydroxylation sites is 1. The summed E-state index contributed by atoms with van der Waals surface area (Å²) in [7, 11) is 0. The topological polar surface area (TPSA) is 4.93 Å². The molecule has 0 spiro atoms. The van der Waals surface area contributed by atoms with E-state index in [2.05, 4.69) is 171 Å². The molecule has 0 bridgehead atoms. The maximum atomic E-state index is 2.49. The van der Waals surface area contributed by atoms with Crippen molar-refractivity contribution in [3.63, 3.8) is 0 Å². The molecule has 2 heterocycles. The molecule has 0 radical (unpaired) electrons. The van der Waals surface area contributed by atoms with E-state index in [4.69, 9.17) is 0 Å². The number of rotatable bonds is 3. The summed E-state index contributed by atoms with van der Waals surface area (Å²) in [5, 5.41) is 7.82. The van der Waals surface area contributed by atoms with Crippen LogP contribution in [0.3, 0.4) is 0 Å². The van der Waals surface area contributed by atoms with E-state index in [1.54, 1.807) is 0 Å². The normalized spacial score (nSPS) is 12.2. The number of benzene rings is 7. The maximum Gasteiger partial charge on any atom is 0.0554 e. The smallest absolute Gasteiger partial charge is 0.0554 e. The minimum Gasteiger partial charge on any atom is -0.309 e. The van der Waals surface area contributed by atoms with Gasteiger partial charge in [-0.25, -0.2) is 0 Å². The van der Waals surface area contributed by atoms with Gasteiger partial charge in [0.25, 0.3) is 0 Å². The van der Waals surface area contributed by atoms with Gasteiger partial charge in [0.2, 0.25) is 0 Å². The highest BCUT2D eigenvalue weighted by Crippen LogP contribution is 2.49. The molecule has 9 aromatic rings. The van der Waals surface area contributed by atoms with Crippen LogP contribution in [-0.2, 0) is 5.41 Å². The zero-order valence-corrected chi connectivity index (χ0v) is 27.0. The Bertz CT molecular complexity index is 2600. The molecule has 0 fully saturated rings. The fourth-order valence-corrected chi connectivity index (χ4v) is 8.38. The molecule has 0 aliphatic heterocycles. The summed E-state index contributed by atoms with van der Waals surface area (Å²) in [6, 6.07) is 53.9. The Kier molecular flexibility index (Phi) is 6.00. The van der Waals surface area contributed by atoms with Gasteiger partial charge in [0, 0.05) is 42.2 Å². The van der Waals surface area contributed by atoms with Crippen molar-refractivity contribution in [1.29, 1.82) is 0 Å². The highest BCUT2D eigenvalue weighted by atomic mass is 32.1. The van der Waals surface area contributed by atoms with E-state index in [9.17, 15) is 0 Å². The average molecular weight is 608 g/mol. The number of hydrogen-bond acceptors (Lipinski definition) is 1. The molecule has 0 atom stereocenters. The third kappa shape index (κ3) is 4.21. The molecule has 46 heavy (non-hydrogen) atoms. The van der Waals surface area contributed by atoms with Gasteiger partial charge in [0.15, 0.2) is 0 Å². The van der Waals surface area contributed by atoms with Crippen LogP contribution in [0.15, 0.2) is 146 Å². The van der Waals surface area contributed by atoms with Crippen molar-refractivity contribution in [2.24, 2.45) is 0 Å². The first-order valence-corrected chi connectivity index (χ1v) is 16.8. The summed E-state index contributed by atoms with van der Waals surface area (Å²) in [6.45, 7) is 6.91. The molecule has 0 aliphatic carbocycles. The van der Waals surface area contributed by atoms with Gasteiger partial charge in [0.1, 0.15) is 0 Å². The zero-order valence-electron chi connectivity index (χ0n) is 26.2. The number of thiophene rings is 1. The Morgan fingerprint density at radius 1 is 0.500 bits per heavy atom. The lowest BCUT2D eigenvalue weighted by molar-refractivity contribution is 0.591. The van der Waals surface area contributed by atoms with Gasteiger partial charge in [0.05, 0.1) is 11.0 Å².